The molecule has 0 saturated heterocycles. The van der Waals surface area contributed by atoms with Crippen molar-refractivity contribution < 1.29 is 19.8 Å². The summed E-state index contributed by atoms with van der Waals surface area (Å²) in [5.74, 6) is -1.46. The normalized spacial score (nSPS) is 9.18. The summed E-state index contributed by atoms with van der Waals surface area (Å²) in [5.41, 5.74) is 0. The van der Waals surface area contributed by atoms with Crippen molar-refractivity contribution in [3.05, 3.63) is 0 Å². The molecule has 0 atom stereocenters. The van der Waals surface area contributed by atoms with Crippen molar-refractivity contribution in [1.82, 2.24) is 10.6 Å². The molecule has 6 nitrogen and oxygen atoms in total. The van der Waals surface area contributed by atoms with Gasteiger partial charge in [0.05, 0.1) is 13.1 Å². The number of nitrogens with one attached hydrogen (secondary N) is 2. The lowest BCUT2D eigenvalue weighted by molar-refractivity contribution is -0.136. The van der Waals surface area contributed by atoms with Crippen molar-refractivity contribution in [3.63, 3.8) is 0 Å². The fourth-order valence-corrected chi connectivity index (χ4v) is 0.434. The van der Waals surface area contributed by atoms with Crippen LogP contribution in [0.2, 0.25) is 0 Å². The SMILES string of the molecule is O=C(O)CNCC(=O)NCO. The third kappa shape index (κ3) is 6.75. The second-order valence-electron chi connectivity index (χ2n) is 1.76. The Balaban J connectivity index is 3.24. The highest BCUT2D eigenvalue weighted by atomic mass is 16.4. The Morgan fingerprint density at radius 1 is 1.27 bits per heavy atom. The number of aliphatic carboxylic acids is 1. The van der Waals surface area contributed by atoms with E-state index in [1.54, 1.807) is 0 Å². The number of amides is 1. The summed E-state index contributed by atoms with van der Waals surface area (Å²) < 4.78 is 0. The van der Waals surface area contributed by atoms with E-state index in [9.17, 15) is 9.59 Å². The Morgan fingerprint density at radius 2 is 1.91 bits per heavy atom. The van der Waals surface area contributed by atoms with Crippen LogP contribution in [-0.2, 0) is 9.59 Å². The third-order valence-electron chi connectivity index (χ3n) is 0.838. The lowest BCUT2D eigenvalue weighted by Crippen LogP contribution is -2.36. The van der Waals surface area contributed by atoms with Crippen LogP contribution in [0.15, 0.2) is 0 Å². The molecule has 0 aromatic rings. The Bertz CT molecular complexity index is 147. The zero-order chi connectivity index (χ0) is 8.69. The van der Waals surface area contributed by atoms with E-state index in [1.807, 2.05) is 0 Å². The summed E-state index contributed by atoms with van der Waals surface area (Å²) in [6, 6.07) is 0. The zero-order valence-electron chi connectivity index (χ0n) is 5.83. The van der Waals surface area contributed by atoms with Gasteiger partial charge in [0, 0.05) is 0 Å². The highest BCUT2D eigenvalue weighted by molar-refractivity contribution is 5.78. The van der Waals surface area contributed by atoms with Gasteiger partial charge in [0.2, 0.25) is 5.91 Å². The van der Waals surface area contributed by atoms with E-state index in [0.717, 1.165) is 0 Å². The van der Waals surface area contributed by atoms with Crippen molar-refractivity contribution in [1.29, 1.82) is 0 Å². The van der Waals surface area contributed by atoms with Crippen LogP contribution in [0.5, 0.6) is 0 Å². The molecule has 0 unspecified atom stereocenters. The van der Waals surface area contributed by atoms with Crippen LogP contribution in [0.1, 0.15) is 0 Å². The van der Waals surface area contributed by atoms with Gasteiger partial charge in [0.1, 0.15) is 6.73 Å². The Hall–Kier alpha value is -1.14. The minimum Gasteiger partial charge on any atom is -0.480 e. The highest BCUT2D eigenvalue weighted by Gasteiger charge is 1.99. The van der Waals surface area contributed by atoms with Crippen LogP contribution < -0.4 is 10.6 Å². The van der Waals surface area contributed by atoms with E-state index >= 15 is 0 Å². The fraction of sp³-hybridized carbons (Fsp3) is 0.600. The van der Waals surface area contributed by atoms with Gasteiger partial charge in [-0.1, -0.05) is 0 Å². The second kappa shape index (κ2) is 5.63. The molecule has 0 bridgehead atoms. The predicted octanol–water partition coefficient (Wildman–Crippen LogP) is -2.27. The van der Waals surface area contributed by atoms with E-state index in [1.165, 1.54) is 0 Å². The number of carbonyl (C=O) groups is 2. The summed E-state index contributed by atoms with van der Waals surface area (Å²) in [6.07, 6.45) is 0. The van der Waals surface area contributed by atoms with E-state index in [4.69, 9.17) is 10.2 Å². The zero-order valence-corrected chi connectivity index (χ0v) is 5.83. The third-order valence-corrected chi connectivity index (χ3v) is 0.838. The number of hydrogen-bond acceptors (Lipinski definition) is 4. The summed E-state index contributed by atoms with van der Waals surface area (Å²) in [5, 5.41) is 20.7. The van der Waals surface area contributed by atoms with Crippen molar-refractivity contribution in [3.8, 4) is 0 Å². The van der Waals surface area contributed by atoms with Crippen LogP contribution in [0.25, 0.3) is 0 Å². The summed E-state index contributed by atoms with van der Waals surface area (Å²) in [4.78, 5) is 20.4. The monoisotopic (exact) mass is 162 g/mol. The van der Waals surface area contributed by atoms with Gasteiger partial charge in [0.15, 0.2) is 0 Å². The standard InChI is InChI=1S/C5H10N2O4/c8-3-7-4(9)1-6-2-5(10)11/h6,8H,1-3H2,(H,7,9)(H,10,11). The lowest BCUT2D eigenvalue weighted by Gasteiger charge is -2.00. The van der Waals surface area contributed by atoms with Gasteiger partial charge in [-0.25, -0.2) is 0 Å². The molecule has 0 rings (SSSR count). The average Bonchev–Trinajstić information content (AvgIpc) is 1.87. The molecule has 0 aromatic carbocycles. The van der Waals surface area contributed by atoms with Gasteiger partial charge in [-0.15, -0.1) is 0 Å². The first-order valence-corrected chi connectivity index (χ1v) is 2.97. The first-order valence-electron chi connectivity index (χ1n) is 2.97. The molecule has 0 radical (unpaired) electrons. The Morgan fingerprint density at radius 3 is 2.36 bits per heavy atom. The van der Waals surface area contributed by atoms with Gasteiger partial charge in [0.25, 0.3) is 0 Å². The number of carboxylic acids is 1. The topological polar surface area (TPSA) is 98.7 Å². The van der Waals surface area contributed by atoms with Crippen LogP contribution in [0.3, 0.4) is 0 Å². The van der Waals surface area contributed by atoms with Gasteiger partial charge >= 0.3 is 5.97 Å². The maximum atomic E-state index is 10.5. The number of aliphatic hydroxyl groups is 1. The molecule has 0 fully saturated rings. The highest BCUT2D eigenvalue weighted by Crippen LogP contribution is 1.63. The molecule has 0 heterocycles. The quantitative estimate of drug-likeness (QED) is 0.341. The molecular weight excluding hydrogens is 152 g/mol. The number of aliphatic hydroxyl groups excluding tert-OH is 1. The average molecular weight is 162 g/mol. The molecule has 0 saturated carbocycles. The number of carbonyl (C=O) groups excluding carboxylic acids is 1. The number of carboxylic acid groups (broad SMARTS) is 1. The van der Waals surface area contributed by atoms with Crippen LogP contribution in [0, 0.1) is 0 Å². The van der Waals surface area contributed by atoms with Crippen molar-refractivity contribution in [2.24, 2.45) is 0 Å². The molecule has 0 aliphatic heterocycles. The van der Waals surface area contributed by atoms with Crippen LogP contribution in [-0.4, -0.2) is 41.9 Å². The number of hydrogen-bond donors (Lipinski definition) is 4. The second-order valence-corrected chi connectivity index (χ2v) is 1.76. The Kier molecular flexibility index (Phi) is 5.05. The predicted molar refractivity (Wildman–Crippen MR) is 35.7 cm³/mol. The van der Waals surface area contributed by atoms with Gasteiger partial charge in [-0.2, -0.15) is 0 Å². The number of rotatable bonds is 5. The molecule has 4 N–H and O–H groups in total. The smallest absolute Gasteiger partial charge is 0.317 e. The molecule has 6 heteroatoms. The van der Waals surface area contributed by atoms with Crippen molar-refractivity contribution in [2.75, 3.05) is 19.8 Å². The summed E-state index contributed by atoms with van der Waals surface area (Å²) in [6.45, 7) is -0.806. The van der Waals surface area contributed by atoms with E-state index in [0.29, 0.717) is 0 Å². The summed E-state index contributed by atoms with van der Waals surface area (Å²) >= 11 is 0. The van der Waals surface area contributed by atoms with Gasteiger partial charge in [-0.3, -0.25) is 14.9 Å². The summed E-state index contributed by atoms with van der Waals surface area (Å²) in [7, 11) is 0. The lowest BCUT2D eigenvalue weighted by atomic mass is 10.5. The first-order chi connectivity index (χ1) is 5.16. The van der Waals surface area contributed by atoms with Crippen molar-refractivity contribution in [2.45, 2.75) is 0 Å². The molecule has 11 heavy (non-hydrogen) atoms. The van der Waals surface area contributed by atoms with Gasteiger partial charge < -0.3 is 15.5 Å². The van der Waals surface area contributed by atoms with Crippen LogP contribution in [0.4, 0.5) is 0 Å². The molecule has 0 spiro atoms. The maximum Gasteiger partial charge on any atom is 0.317 e. The largest absolute Gasteiger partial charge is 0.480 e. The minimum atomic E-state index is -1.03. The molecule has 1 amide bonds. The van der Waals surface area contributed by atoms with E-state index in [2.05, 4.69) is 10.6 Å². The van der Waals surface area contributed by atoms with E-state index in [-0.39, 0.29) is 13.1 Å². The van der Waals surface area contributed by atoms with Gasteiger partial charge in [-0.05, 0) is 0 Å². The molecule has 64 valence electrons. The first kappa shape index (κ1) is 9.86. The fourth-order valence-electron chi connectivity index (χ4n) is 0.434. The molecule has 0 aliphatic rings. The van der Waals surface area contributed by atoms with E-state index < -0.39 is 18.6 Å². The minimum absolute atomic E-state index is 0.104. The van der Waals surface area contributed by atoms with Crippen molar-refractivity contribution >= 4 is 11.9 Å². The molecular formula is C5H10N2O4. The van der Waals surface area contributed by atoms with Crippen LogP contribution >= 0.6 is 0 Å². The Labute approximate surface area is 63.2 Å². The molecule has 0 aromatic heterocycles. The maximum absolute atomic E-state index is 10.5. The molecule has 0 aliphatic carbocycles.